The predicted octanol–water partition coefficient (Wildman–Crippen LogP) is 2.22. The smallest absolute Gasteiger partial charge is 0.159 e. The van der Waals surface area contributed by atoms with Gasteiger partial charge in [-0.1, -0.05) is 13.0 Å². The van der Waals surface area contributed by atoms with E-state index in [0.717, 1.165) is 24.8 Å². The van der Waals surface area contributed by atoms with Crippen LogP contribution in [0.4, 0.5) is 0 Å². The van der Waals surface area contributed by atoms with Crippen molar-refractivity contribution in [3.63, 3.8) is 0 Å². The highest BCUT2D eigenvalue weighted by Gasteiger charge is 2.45. The molecule has 13 heavy (non-hydrogen) atoms. The summed E-state index contributed by atoms with van der Waals surface area (Å²) in [7, 11) is 0. The molecule has 0 N–H and O–H groups in total. The van der Waals surface area contributed by atoms with Crippen molar-refractivity contribution >= 4 is 5.78 Å². The Hall–Kier alpha value is -1.10. The molecular formula is C11H13NO. The third-order valence-corrected chi connectivity index (χ3v) is 3.50. The highest BCUT2D eigenvalue weighted by molar-refractivity contribution is 5.98. The van der Waals surface area contributed by atoms with E-state index in [1.54, 1.807) is 0 Å². The zero-order valence-corrected chi connectivity index (χ0v) is 7.84. The van der Waals surface area contributed by atoms with E-state index in [1.165, 1.54) is 0 Å². The SMILES string of the molecule is C[C@]12CCCC(=O)C1=CC[C@@H]2C#N. The van der Waals surface area contributed by atoms with Crippen molar-refractivity contribution in [1.29, 1.82) is 5.26 Å². The molecule has 0 bridgehead atoms. The second kappa shape index (κ2) is 2.70. The van der Waals surface area contributed by atoms with Crippen LogP contribution < -0.4 is 0 Å². The molecule has 2 atom stereocenters. The van der Waals surface area contributed by atoms with E-state index in [-0.39, 0.29) is 17.1 Å². The normalized spacial score (nSPS) is 38.0. The average molecular weight is 175 g/mol. The maximum atomic E-state index is 11.6. The molecule has 1 saturated carbocycles. The molecule has 0 amide bonds. The van der Waals surface area contributed by atoms with Gasteiger partial charge < -0.3 is 0 Å². The van der Waals surface area contributed by atoms with Gasteiger partial charge in [-0.15, -0.1) is 0 Å². The molecule has 0 radical (unpaired) electrons. The molecule has 0 heterocycles. The number of ketones is 1. The summed E-state index contributed by atoms with van der Waals surface area (Å²) in [4.78, 5) is 11.6. The molecular weight excluding hydrogens is 162 g/mol. The van der Waals surface area contributed by atoms with Crippen LogP contribution in [0.2, 0.25) is 0 Å². The molecule has 0 aliphatic heterocycles. The number of hydrogen-bond acceptors (Lipinski definition) is 2. The Morgan fingerprint density at radius 2 is 2.46 bits per heavy atom. The molecule has 2 nitrogen and oxygen atoms in total. The fourth-order valence-corrected chi connectivity index (χ4v) is 2.60. The molecule has 1 fully saturated rings. The van der Waals surface area contributed by atoms with E-state index < -0.39 is 0 Å². The van der Waals surface area contributed by atoms with Gasteiger partial charge in [0.2, 0.25) is 0 Å². The molecule has 2 aliphatic carbocycles. The third kappa shape index (κ3) is 1.03. The zero-order valence-electron chi connectivity index (χ0n) is 7.84. The second-order valence-corrected chi connectivity index (χ2v) is 4.23. The summed E-state index contributed by atoms with van der Waals surface area (Å²) >= 11 is 0. The van der Waals surface area contributed by atoms with Crippen LogP contribution in [-0.2, 0) is 4.79 Å². The average Bonchev–Trinajstić information content (AvgIpc) is 2.43. The molecule has 2 rings (SSSR count). The fourth-order valence-electron chi connectivity index (χ4n) is 2.60. The van der Waals surface area contributed by atoms with Crippen LogP contribution in [0.25, 0.3) is 0 Å². The van der Waals surface area contributed by atoms with Crippen molar-refractivity contribution in [3.8, 4) is 6.07 Å². The third-order valence-electron chi connectivity index (χ3n) is 3.50. The minimum absolute atomic E-state index is 0.0340. The lowest BCUT2D eigenvalue weighted by Crippen LogP contribution is -2.31. The van der Waals surface area contributed by atoms with Gasteiger partial charge in [-0.25, -0.2) is 0 Å². The highest BCUT2D eigenvalue weighted by Crippen LogP contribution is 2.50. The topological polar surface area (TPSA) is 40.9 Å². The van der Waals surface area contributed by atoms with Gasteiger partial charge >= 0.3 is 0 Å². The monoisotopic (exact) mass is 175 g/mol. The van der Waals surface area contributed by atoms with Crippen LogP contribution in [0.5, 0.6) is 0 Å². The Morgan fingerprint density at radius 3 is 3.15 bits per heavy atom. The lowest BCUT2D eigenvalue weighted by Gasteiger charge is -2.34. The van der Waals surface area contributed by atoms with Gasteiger partial charge in [0.25, 0.3) is 0 Å². The van der Waals surface area contributed by atoms with Crippen LogP contribution in [0.15, 0.2) is 11.6 Å². The van der Waals surface area contributed by atoms with Crippen molar-refractivity contribution in [2.45, 2.75) is 32.6 Å². The summed E-state index contributed by atoms with van der Waals surface area (Å²) in [5.74, 6) is 0.304. The number of hydrogen-bond donors (Lipinski definition) is 0. The summed E-state index contributed by atoms with van der Waals surface area (Å²) in [5.41, 5.74) is 0.815. The van der Waals surface area contributed by atoms with Gasteiger partial charge in [0.1, 0.15) is 0 Å². The lowest BCUT2D eigenvalue weighted by molar-refractivity contribution is -0.118. The zero-order chi connectivity index (χ0) is 9.47. The number of fused-ring (bicyclic) bond motifs is 1. The Kier molecular flexibility index (Phi) is 1.76. The molecule has 0 aromatic rings. The molecule has 2 heteroatoms. The predicted molar refractivity (Wildman–Crippen MR) is 48.8 cm³/mol. The summed E-state index contributed by atoms with van der Waals surface area (Å²) in [6.45, 7) is 2.07. The first-order valence-electron chi connectivity index (χ1n) is 4.82. The Morgan fingerprint density at radius 1 is 1.69 bits per heavy atom. The largest absolute Gasteiger partial charge is 0.295 e. The van der Waals surface area contributed by atoms with Crippen molar-refractivity contribution in [2.24, 2.45) is 11.3 Å². The quantitative estimate of drug-likeness (QED) is 0.566. The number of nitrogens with zero attached hydrogens (tertiary/aromatic N) is 1. The van der Waals surface area contributed by atoms with Gasteiger partial charge in [-0.2, -0.15) is 5.26 Å². The van der Waals surface area contributed by atoms with Gasteiger partial charge in [0.15, 0.2) is 5.78 Å². The number of Topliss-reactive ketones (excluding diaryl/α,β-unsaturated/α-hetero) is 1. The van der Waals surface area contributed by atoms with Crippen molar-refractivity contribution in [3.05, 3.63) is 11.6 Å². The maximum absolute atomic E-state index is 11.6. The minimum atomic E-state index is -0.121. The van der Waals surface area contributed by atoms with Crippen LogP contribution in [0.1, 0.15) is 32.6 Å². The van der Waals surface area contributed by atoms with Crippen LogP contribution in [-0.4, -0.2) is 5.78 Å². The minimum Gasteiger partial charge on any atom is -0.295 e. The van der Waals surface area contributed by atoms with Gasteiger partial charge in [0, 0.05) is 11.8 Å². The number of carbonyl (C=O) groups excluding carboxylic acids is 1. The highest BCUT2D eigenvalue weighted by atomic mass is 16.1. The molecule has 0 aromatic carbocycles. The van der Waals surface area contributed by atoms with Crippen LogP contribution >= 0.6 is 0 Å². The van der Waals surface area contributed by atoms with Gasteiger partial charge in [0.05, 0.1) is 12.0 Å². The summed E-state index contributed by atoms with van der Waals surface area (Å²) in [6, 6.07) is 2.32. The molecule has 0 unspecified atom stereocenters. The number of rotatable bonds is 0. The summed E-state index contributed by atoms with van der Waals surface area (Å²) in [6.07, 6.45) is 5.39. The van der Waals surface area contributed by atoms with Crippen molar-refractivity contribution < 1.29 is 4.79 Å². The molecule has 68 valence electrons. The summed E-state index contributed by atoms with van der Waals surface area (Å²) in [5, 5.41) is 8.96. The van der Waals surface area contributed by atoms with Crippen LogP contribution in [0.3, 0.4) is 0 Å². The van der Waals surface area contributed by atoms with E-state index >= 15 is 0 Å². The number of nitriles is 1. The van der Waals surface area contributed by atoms with Crippen molar-refractivity contribution in [2.75, 3.05) is 0 Å². The van der Waals surface area contributed by atoms with E-state index in [0.29, 0.717) is 6.42 Å². The lowest BCUT2D eigenvalue weighted by atomic mass is 9.67. The Labute approximate surface area is 78.2 Å². The maximum Gasteiger partial charge on any atom is 0.159 e. The molecule has 0 spiro atoms. The number of allylic oxidation sites excluding steroid dienone is 2. The summed E-state index contributed by atoms with van der Waals surface area (Å²) < 4.78 is 0. The van der Waals surface area contributed by atoms with E-state index in [2.05, 4.69) is 13.0 Å². The van der Waals surface area contributed by atoms with Gasteiger partial charge in [-0.3, -0.25) is 4.79 Å². The van der Waals surface area contributed by atoms with Gasteiger partial charge in [-0.05, 0) is 24.8 Å². The van der Waals surface area contributed by atoms with E-state index in [4.69, 9.17) is 5.26 Å². The molecule has 0 aromatic heterocycles. The number of carbonyl (C=O) groups is 1. The standard InChI is InChI=1S/C11H13NO/c1-11-6-2-3-10(13)9(11)5-4-8(11)7-12/h5,8H,2-4,6H2,1H3/t8-,11-/m1/s1. The first kappa shape index (κ1) is 8.50. The van der Waals surface area contributed by atoms with Crippen LogP contribution in [0, 0.1) is 22.7 Å². The molecule has 0 saturated heterocycles. The van der Waals surface area contributed by atoms with Crippen molar-refractivity contribution in [1.82, 2.24) is 0 Å². The molecule has 2 aliphatic rings. The Bertz CT molecular complexity index is 323. The Balaban J connectivity index is 2.37. The first-order chi connectivity index (χ1) is 6.18. The fraction of sp³-hybridized carbons (Fsp3) is 0.636. The van der Waals surface area contributed by atoms with E-state index in [9.17, 15) is 4.79 Å². The first-order valence-corrected chi connectivity index (χ1v) is 4.82. The van der Waals surface area contributed by atoms with E-state index in [1.807, 2.05) is 6.08 Å². The second-order valence-electron chi connectivity index (χ2n) is 4.23.